The second-order valence-corrected chi connectivity index (χ2v) is 6.06. The molecular weight excluding hydrogens is 348 g/mol. The molecule has 2 heterocycles. The molecule has 7 nitrogen and oxygen atoms in total. The second kappa shape index (κ2) is 6.78. The molecule has 0 atom stereocenters. The lowest BCUT2D eigenvalue weighted by atomic mass is 10.2. The van der Waals surface area contributed by atoms with Gasteiger partial charge < -0.3 is 24.5 Å². The molecule has 25 heavy (non-hydrogen) atoms. The summed E-state index contributed by atoms with van der Waals surface area (Å²) in [6.45, 7) is 1.83. The Kier molecular flexibility index (Phi) is 4.69. The van der Waals surface area contributed by atoms with E-state index in [1.807, 2.05) is 13.0 Å². The number of nitrogens with one attached hydrogen (secondary N) is 1. The number of methoxy groups -OCH3 is 1. The molecule has 0 saturated carbocycles. The van der Waals surface area contributed by atoms with Gasteiger partial charge in [-0.3, -0.25) is 4.79 Å². The summed E-state index contributed by atoms with van der Waals surface area (Å²) < 4.78 is 10.3. The van der Waals surface area contributed by atoms with E-state index in [9.17, 15) is 9.59 Å². The molecule has 1 aromatic heterocycles. The molecule has 0 aliphatic carbocycles. The minimum absolute atomic E-state index is 0.0786. The van der Waals surface area contributed by atoms with Crippen LogP contribution >= 0.6 is 11.6 Å². The van der Waals surface area contributed by atoms with Gasteiger partial charge in [0, 0.05) is 17.6 Å². The molecule has 0 bridgehead atoms. The van der Waals surface area contributed by atoms with Gasteiger partial charge in [0.05, 0.1) is 30.9 Å². The zero-order valence-corrected chi connectivity index (χ0v) is 14.5. The van der Waals surface area contributed by atoms with Crippen molar-refractivity contribution in [3.63, 3.8) is 0 Å². The molecule has 8 heteroatoms. The van der Waals surface area contributed by atoms with Crippen LogP contribution in [0.25, 0.3) is 11.0 Å². The van der Waals surface area contributed by atoms with E-state index in [0.717, 1.165) is 11.1 Å². The number of halogens is 1. The highest BCUT2D eigenvalue weighted by Crippen LogP contribution is 2.32. The lowest BCUT2D eigenvalue weighted by molar-refractivity contribution is -0.136. The Hall–Kier alpha value is -2.51. The number of aliphatic hydroxyl groups is 1. The van der Waals surface area contributed by atoms with E-state index in [-0.39, 0.29) is 36.9 Å². The highest BCUT2D eigenvalue weighted by molar-refractivity contribution is 6.35. The number of carbonyl (C=O) groups excluding carboxylic acids is 2. The summed E-state index contributed by atoms with van der Waals surface area (Å²) in [7, 11) is 1.25. The van der Waals surface area contributed by atoms with Gasteiger partial charge in [-0.2, -0.15) is 0 Å². The zero-order chi connectivity index (χ0) is 18.1. The van der Waals surface area contributed by atoms with Gasteiger partial charge in [-0.25, -0.2) is 4.79 Å². The van der Waals surface area contributed by atoms with Crippen molar-refractivity contribution in [1.29, 1.82) is 0 Å². The summed E-state index contributed by atoms with van der Waals surface area (Å²) in [5, 5.41) is 13.2. The summed E-state index contributed by atoms with van der Waals surface area (Å²) in [4.78, 5) is 25.9. The SMILES string of the molecule is COC(=O)C1=C(Nc2cc(Cl)c3oc(C)cc3c2)C(=O)N(CCO)C1. The van der Waals surface area contributed by atoms with Gasteiger partial charge >= 0.3 is 5.97 Å². The Morgan fingerprint density at radius 1 is 1.44 bits per heavy atom. The van der Waals surface area contributed by atoms with Crippen LogP contribution in [0.15, 0.2) is 33.9 Å². The lowest BCUT2D eigenvalue weighted by Gasteiger charge is -2.15. The van der Waals surface area contributed by atoms with Crippen molar-refractivity contribution in [1.82, 2.24) is 4.90 Å². The van der Waals surface area contributed by atoms with Crippen LogP contribution < -0.4 is 5.32 Å². The molecule has 1 aliphatic heterocycles. The second-order valence-electron chi connectivity index (χ2n) is 5.65. The maximum Gasteiger partial charge on any atom is 0.337 e. The van der Waals surface area contributed by atoms with Crippen molar-refractivity contribution in [3.05, 3.63) is 40.3 Å². The number of amides is 1. The number of furan rings is 1. The average molecular weight is 365 g/mol. The Morgan fingerprint density at radius 2 is 2.20 bits per heavy atom. The predicted molar refractivity (Wildman–Crippen MR) is 92.3 cm³/mol. The quantitative estimate of drug-likeness (QED) is 0.789. The topological polar surface area (TPSA) is 92.0 Å². The molecule has 132 valence electrons. The normalized spacial score (nSPS) is 14.6. The largest absolute Gasteiger partial charge is 0.466 e. The third-order valence-electron chi connectivity index (χ3n) is 3.92. The Balaban J connectivity index is 1.98. The fourth-order valence-corrected chi connectivity index (χ4v) is 3.07. The number of fused-ring (bicyclic) bond motifs is 1. The molecule has 1 aliphatic rings. The van der Waals surface area contributed by atoms with Crippen LogP contribution in [-0.4, -0.2) is 48.7 Å². The summed E-state index contributed by atoms with van der Waals surface area (Å²) in [6.07, 6.45) is 0. The number of ether oxygens (including phenoxy) is 1. The number of carbonyl (C=O) groups is 2. The zero-order valence-electron chi connectivity index (χ0n) is 13.8. The van der Waals surface area contributed by atoms with E-state index in [2.05, 4.69) is 5.32 Å². The molecule has 2 aromatic rings. The van der Waals surface area contributed by atoms with Crippen molar-refractivity contribution >= 4 is 40.1 Å². The predicted octanol–water partition coefficient (Wildman–Crippen LogP) is 2.07. The lowest BCUT2D eigenvalue weighted by Crippen LogP contribution is -2.31. The van der Waals surface area contributed by atoms with Crippen molar-refractivity contribution in [2.75, 3.05) is 32.1 Å². The third kappa shape index (κ3) is 3.20. The first-order chi connectivity index (χ1) is 11.9. The number of esters is 1. The molecule has 1 aromatic carbocycles. The number of hydrogen-bond acceptors (Lipinski definition) is 6. The molecule has 0 fully saturated rings. The van der Waals surface area contributed by atoms with Crippen LogP contribution in [0.4, 0.5) is 5.69 Å². The molecule has 2 N–H and O–H groups in total. The first-order valence-corrected chi connectivity index (χ1v) is 8.00. The van der Waals surface area contributed by atoms with Gasteiger partial charge in [0.2, 0.25) is 0 Å². The smallest absolute Gasteiger partial charge is 0.337 e. The summed E-state index contributed by atoms with van der Waals surface area (Å²) in [6, 6.07) is 5.23. The van der Waals surface area contributed by atoms with E-state index < -0.39 is 5.97 Å². The van der Waals surface area contributed by atoms with Gasteiger partial charge in [-0.1, -0.05) is 11.6 Å². The number of anilines is 1. The van der Waals surface area contributed by atoms with E-state index >= 15 is 0 Å². The van der Waals surface area contributed by atoms with Crippen LogP contribution in [-0.2, 0) is 14.3 Å². The van der Waals surface area contributed by atoms with Crippen molar-refractivity contribution in [2.45, 2.75) is 6.92 Å². The van der Waals surface area contributed by atoms with Gasteiger partial charge in [0.25, 0.3) is 5.91 Å². The fourth-order valence-electron chi connectivity index (χ4n) is 2.80. The fraction of sp³-hybridized carbons (Fsp3) is 0.294. The van der Waals surface area contributed by atoms with Crippen LogP contribution in [0, 0.1) is 6.92 Å². The minimum atomic E-state index is -0.595. The van der Waals surface area contributed by atoms with Crippen LogP contribution in [0.5, 0.6) is 0 Å². The summed E-state index contributed by atoms with van der Waals surface area (Å²) in [5.74, 6) is -0.258. The Bertz CT molecular complexity index is 887. The molecule has 0 unspecified atom stereocenters. The number of aryl methyl sites for hydroxylation is 1. The van der Waals surface area contributed by atoms with Crippen LogP contribution in [0.2, 0.25) is 5.02 Å². The molecule has 0 radical (unpaired) electrons. The van der Waals surface area contributed by atoms with Crippen LogP contribution in [0.3, 0.4) is 0 Å². The average Bonchev–Trinajstić information content (AvgIpc) is 3.09. The molecule has 0 spiro atoms. The number of benzene rings is 1. The summed E-state index contributed by atoms with van der Waals surface area (Å²) in [5.41, 5.74) is 1.44. The first kappa shape index (κ1) is 17.3. The van der Waals surface area contributed by atoms with E-state index in [0.29, 0.717) is 16.3 Å². The van der Waals surface area contributed by atoms with Crippen molar-refractivity contribution in [3.8, 4) is 0 Å². The number of aliphatic hydroxyl groups excluding tert-OH is 1. The molecule has 0 saturated heterocycles. The number of nitrogens with zero attached hydrogens (tertiary/aromatic N) is 1. The number of rotatable bonds is 5. The van der Waals surface area contributed by atoms with E-state index in [1.54, 1.807) is 12.1 Å². The van der Waals surface area contributed by atoms with Crippen molar-refractivity contribution < 1.29 is 23.8 Å². The monoisotopic (exact) mass is 364 g/mol. The minimum Gasteiger partial charge on any atom is -0.466 e. The maximum absolute atomic E-state index is 12.5. The standard InChI is InChI=1S/C17H17ClN2O5/c1-9-5-10-6-11(7-13(18)15(10)25-9)19-14-12(17(23)24-2)8-20(3-4-21)16(14)22/h5-7,19,21H,3-4,8H2,1-2H3. The van der Waals surface area contributed by atoms with Crippen molar-refractivity contribution in [2.24, 2.45) is 0 Å². The highest BCUT2D eigenvalue weighted by atomic mass is 35.5. The number of hydrogen-bond donors (Lipinski definition) is 2. The molecule has 3 rings (SSSR count). The molecular formula is C17H17ClN2O5. The van der Waals surface area contributed by atoms with E-state index in [1.165, 1.54) is 12.0 Å². The van der Waals surface area contributed by atoms with Gasteiger partial charge in [0.15, 0.2) is 5.58 Å². The summed E-state index contributed by atoms with van der Waals surface area (Å²) >= 11 is 6.23. The highest BCUT2D eigenvalue weighted by Gasteiger charge is 2.34. The maximum atomic E-state index is 12.5. The Morgan fingerprint density at radius 3 is 2.88 bits per heavy atom. The van der Waals surface area contributed by atoms with E-state index in [4.69, 9.17) is 25.9 Å². The third-order valence-corrected chi connectivity index (χ3v) is 4.20. The Labute approximate surface area is 148 Å². The van der Waals surface area contributed by atoms with Gasteiger partial charge in [-0.15, -0.1) is 0 Å². The van der Waals surface area contributed by atoms with Gasteiger partial charge in [-0.05, 0) is 25.1 Å². The van der Waals surface area contributed by atoms with Gasteiger partial charge in [0.1, 0.15) is 11.5 Å². The first-order valence-electron chi connectivity index (χ1n) is 7.63. The number of β-amino-alcohol motifs (C(OH)–C–C–N with tert-alkyl or cyclic N) is 1. The molecule has 1 amide bonds. The van der Waals surface area contributed by atoms with Crippen LogP contribution in [0.1, 0.15) is 5.76 Å².